The van der Waals surface area contributed by atoms with Gasteiger partial charge in [-0.15, -0.1) is 0 Å². The second kappa shape index (κ2) is 10.2. The highest BCUT2D eigenvalue weighted by atomic mass is 35.5. The maximum atomic E-state index is 10.1. The third kappa shape index (κ3) is 5.81. The van der Waals surface area contributed by atoms with E-state index < -0.39 is 0 Å². The Morgan fingerprint density at radius 3 is 1.54 bits per heavy atom. The zero-order chi connectivity index (χ0) is 20.7. The van der Waals surface area contributed by atoms with Gasteiger partial charge in [0.15, 0.2) is 0 Å². The lowest BCUT2D eigenvalue weighted by Gasteiger charge is -2.09. The predicted molar refractivity (Wildman–Crippen MR) is 117 cm³/mol. The Hall–Kier alpha value is -2.37. The Labute approximate surface area is 174 Å². The van der Waals surface area contributed by atoms with Gasteiger partial charge in [-0.1, -0.05) is 37.0 Å². The first-order valence-electron chi connectivity index (χ1n) is 8.96. The van der Waals surface area contributed by atoms with E-state index in [1.165, 1.54) is 12.1 Å². The molecule has 148 valence electrons. The topological polar surface area (TPSA) is 89.0 Å². The molecule has 3 N–H and O–H groups in total. The molecule has 0 heterocycles. The van der Waals surface area contributed by atoms with Crippen molar-refractivity contribution in [3.8, 4) is 11.5 Å². The van der Waals surface area contributed by atoms with Gasteiger partial charge in [0.25, 0.3) is 0 Å². The predicted octanol–water partition coefficient (Wildman–Crippen LogP) is 5.52. The minimum atomic E-state index is 0.0733. The molecule has 0 radical (unpaired) electrons. The number of nitrogens with zero attached hydrogens (tertiary/aromatic N) is 2. The fraction of sp³-hybridized carbons (Fsp3) is 0.286. The van der Waals surface area contributed by atoms with Crippen LogP contribution in [0.15, 0.2) is 46.4 Å². The van der Waals surface area contributed by atoms with E-state index in [1.54, 1.807) is 24.3 Å². The fourth-order valence-electron chi connectivity index (χ4n) is 2.70. The summed E-state index contributed by atoms with van der Waals surface area (Å²) in [6.07, 6.45) is 1.23. The molecule has 0 atom stereocenters. The van der Waals surface area contributed by atoms with Crippen LogP contribution in [0, 0.1) is 5.41 Å². The lowest BCUT2D eigenvalue weighted by atomic mass is 10.1. The molecule has 0 saturated heterocycles. The second-order valence-electron chi connectivity index (χ2n) is 6.16. The number of phenolic OH excluding ortho intramolecular Hbond substituents is 2. The number of hydrogen-bond donors (Lipinski definition) is 3. The quantitative estimate of drug-likeness (QED) is 0.491. The van der Waals surface area contributed by atoms with Crippen molar-refractivity contribution in [1.82, 2.24) is 0 Å². The summed E-state index contributed by atoms with van der Waals surface area (Å²) in [5, 5.41) is 29.2. The monoisotopic (exact) mass is 419 g/mol. The molecule has 0 fully saturated rings. The van der Waals surface area contributed by atoms with Crippen molar-refractivity contribution in [2.45, 2.75) is 26.7 Å². The van der Waals surface area contributed by atoms with Gasteiger partial charge in [-0.25, -0.2) is 0 Å². The maximum Gasteiger partial charge on any atom is 0.126 e. The van der Waals surface area contributed by atoms with Crippen molar-refractivity contribution in [1.29, 1.82) is 5.41 Å². The van der Waals surface area contributed by atoms with E-state index in [0.717, 1.165) is 0 Å². The van der Waals surface area contributed by atoms with Gasteiger partial charge in [-0.3, -0.25) is 9.98 Å². The summed E-state index contributed by atoms with van der Waals surface area (Å²) in [5.74, 6) is 0.147. The van der Waals surface area contributed by atoms with Gasteiger partial charge < -0.3 is 15.6 Å². The van der Waals surface area contributed by atoms with Gasteiger partial charge in [0.05, 0.1) is 18.8 Å². The minimum absolute atomic E-state index is 0.0733. The number of rotatable bonds is 8. The molecular weight excluding hydrogens is 397 g/mol. The molecule has 2 rings (SSSR count). The molecule has 2 aromatic rings. The highest BCUT2D eigenvalue weighted by molar-refractivity contribution is 6.31. The molecule has 5 nitrogen and oxygen atoms in total. The van der Waals surface area contributed by atoms with Crippen LogP contribution in [-0.4, -0.2) is 40.4 Å². The van der Waals surface area contributed by atoms with Crippen molar-refractivity contribution in [2.24, 2.45) is 9.98 Å². The van der Waals surface area contributed by atoms with E-state index in [9.17, 15) is 10.2 Å². The lowest BCUT2D eigenvalue weighted by molar-refractivity contribution is 0.473. The van der Waals surface area contributed by atoms with Gasteiger partial charge in [-0.05, 0) is 49.2 Å². The number of phenols is 2. The Morgan fingerprint density at radius 1 is 0.821 bits per heavy atom. The largest absolute Gasteiger partial charge is 0.507 e. The Kier molecular flexibility index (Phi) is 8.03. The summed E-state index contributed by atoms with van der Waals surface area (Å²) in [6.45, 7) is 4.23. The summed E-state index contributed by atoms with van der Waals surface area (Å²) in [4.78, 5) is 8.92. The Morgan fingerprint density at radius 2 is 1.21 bits per heavy atom. The van der Waals surface area contributed by atoms with Crippen LogP contribution in [0.2, 0.25) is 10.0 Å². The molecular formula is C21H23Cl2N3O2. The summed E-state index contributed by atoms with van der Waals surface area (Å²) >= 11 is 11.7. The van der Waals surface area contributed by atoms with Crippen molar-refractivity contribution >= 4 is 40.3 Å². The van der Waals surface area contributed by atoms with Gasteiger partial charge in [0.2, 0.25) is 0 Å². The summed E-state index contributed by atoms with van der Waals surface area (Å²) in [5.41, 5.74) is 2.97. The molecule has 28 heavy (non-hydrogen) atoms. The molecule has 0 amide bonds. The van der Waals surface area contributed by atoms with Crippen LogP contribution in [0.4, 0.5) is 0 Å². The van der Waals surface area contributed by atoms with Crippen LogP contribution in [-0.2, 0) is 0 Å². The average Bonchev–Trinajstić information content (AvgIpc) is 2.65. The van der Waals surface area contributed by atoms with E-state index >= 15 is 0 Å². The minimum Gasteiger partial charge on any atom is -0.507 e. The smallest absolute Gasteiger partial charge is 0.126 e. The highest BCUT2D eigenvalue weighted by Crippen LogP contribution is 2.24. The van der Waals surface area contributed by atoms with E-state index in [2.05, 4.69) is 9.98 Å². The average molecular weight is 420 g/mol. The Balaban J connectivity index is 2.11. The molecule has 0 bridgehead atoms. The third-order valence-corrected chi connectivity index (χ3v) is 4.60. The first-order valence-corrected chi connectivity index (χ1v) is 9.72. The van der Waals surface area contributed by atoms with Crippen molar-refractivity contribution in [3.05, 3.63) is 57.6 Å². The number of hydrogen-bond acceptors (Lipinski definition) is 5. The molecule has 0 aromatic heterocycles. The maximum absolute atomic E-state index is 10.1. The molecule has 0 aliphatic rings. The number of aromatic hydroxyl groups is 2. The lowest BCUT2D eigenvalue weighted by Crippen LogP contribution is -2.11. The zero-order valence-corrected chi connectivity index (χ0v) is 17.3. The molecule has 0 aliphatic heterocycles. The standard InChI is InChI=1S/C21H23Cl2N3O2/c1-3-18(16-7-5-13(22)9-20(16)27)25-11-15(24)12-26-19(4-2)17-8-6-14(23)10-21(17)28/h5-10,24,27-28H,3-4,11-12H2,1-2H3. The second-order valence-corrected chi connectivity index (χ2v) is 7.03. The van der Waals surface area contributed by atoms with Crippen molar-refractivity contribution < 1.29 is 10.2 Å². The van der Waals surface area contributed by atoms with E-state index in [4.69, 9.17) is 28.6 Å². The van der Waals surface area contributed by atoms with Crippen LogP contribution in [0.1, 0.15) is 37.8 Å². The Bertz CT molecular complexity index is 850. The normalized spacial score (nSPS) is 12.3. The molecule has 0 unspecified atom stereocenters. The SMILES string of the molecule is CCC(=NCC(=N)CN=C(CC)c1ccc(Cl)cc1O)c1ccc(Cl)cc1O. The van der Waals surface area contributed by atoms with Gasteiger partial charge in [0.1, 0.15) is 11.5 Å². The molecule has 0 spiro atoms. The highest BCUT2D eigenvalue weighted by Gasteiger charge is 2.10. The van der Waals surface area contributed by atoms with Crippen molar-refractivity contribution in [2.75, 3.05) is 13.1 Å². The summed E-state index contributed by atoms with van der Waals surface area (Å²) in [7, 11) is 0. The van der Waals surface area contributed by atoms with Gasteiger partial charge >= 0.3 is 0 Å². The zero-order valence-electron chi connectivity index (χ0n) is 15.8. The molecule has 0 saturated carbocycles. The fourth-order valence-corrected chi connectivity index (χ4v) is 3.04. The van der Waals surface area contributed by atoms with E-state index in [-0.39, 0.29) is 24.6 Å². The molecule has 0 aliphatic carbocycles. The van der Waals surface area contributed by atoms with Crippen LogP contribution < -0.4 is 0 Å². The van der Waals surface area contributed by atoms with Gasteiger partial charge in [0, 0.05) is 32.6 Å². The van der Waals surface area contributed by atoms with E-state index in [1.807, 2.05) is 13.8 Å². The summed E-state index contributed by atoms with van der Waals surface area (Å²) < 4.78 is 0. The third-order valence-electron chi connectivity index (χ3n) is 4.13. The first-order chi connectivity index (χ1) is 13.3. The van der Waals surface area contributed by atoms with Crippen LogP contribution in [0.3, 0.4) is 0 Å². The first kappa shape index (κ1) is 21.9. The molecule has 7 heteroatoms. The summed E-state index contributed by atoms with van der Waals surface area (Å²) in [6, 6.07) is 9.79. The number of aliphatic imine (C=N–C) groups is 2. The van der Waals surface area contributed by atoms with Crippen molar-refractivity contribution in [3.63, 3.8) is 0 Å². The van der Waals surface area contributed by atoms with Crippen LogP contribution in [0.25, 0.3) is 0 Å². The number of halogens is 2. The van der Waals surface area contributed by atoms with Crippen LogP contribution >= 0.6 is 23.2 Å². The number of benzene rings is 2. The number of nitrogens with one attached hydrogen (secondary N) is 1. The van der Waals surface area contributed by atoms with Gasteiger partial charge in [-0.2, -0.15) is 0 Å². The van der Waals surface area contributed by atoms with E-state index in [0.29, 0.717) is 51.1 Å². The molecule has 2 aromatic carbocycles. The van der Waals surface area contributed by atoms with Crippen LogP contribution in [0.5, 0.6) is 11.5 Å².